The van der Waals surface area contributed by atoms with Crippen molar-refractivity contribution in [1.29, 1.82) is 0 Å². The van der Waals surface area contributed by atoms with Crippen molar-refractivity contribution in [1.82, 2.24) is 5.32 Å². The van der Waals surface area contributed by atoms with Gasteiger partial charge < -0.3 is 10.6 Å². The van der Waals surface area contributed by atoms with Crippen LogP contribution in [0.5, 0.6) is 0 Å². The third kappa shape index (κ3) is 4.20. The lowest BCUT2D eigenvalue weighted by Gasteiger charge is -2.17. The fourth-order valence-electron chi connectivity index (χ4n) is 1.76. The molecule has 104 valence electrons. The van der Waals surface area contributed by atoms with Crippen LogP contribution in [0.25, 0.3) is 0 Å². The molecule has 0 unspecified atom stereocenters. The van der Waals surface area contributed by atoms with E-state index in [9.17, 15) is 0 Å². The SMILES string of the molecule is C[C@@H](NC(=S)Nc1ccc(Br)c(Cl)c1)c1ccccc1. The highest BCUT2D eigenvalue weighted by Gasteiger charge is 2.07. The third-order valence-corrected chi connectivity index (χ3v) is 4.28. The predicted octanol–water partition coefficient (Wildman–Crippen LogP) is 5.15. The summed E-state index contributed by atoms with van der Waals surface area (Å²) in [7, 11) is 0. The summed E-state index contributed by atoms with van der Waals surface area (Å²) in [4.78, 5) is 0. The highest BCUT2D eigenvalue weighted by atomic mass is 79.9. The maximum absolute atomic E-state index is 6.05. The van der Waals surface area contributed by atoms with Gasteiger partial charge in [0.2, 0.25) is 0 Å². The van der Waals surface area contributed by atoms with Crippen LogP contribution in [0, 0.1) is 0 Å². The normalized spacial score (nSPS) is 11.8. The van der Waals surface area contributed by atoms with Crippen molar-refractivity contribution in [2.24, 2.45) is 0 Å². The zero-order valence-electron chi connectivity index (χ0n) is 10.9. The minimum absolute atomic E-state index is 0.141. The van der Waals surface area contributed by atoms with Gasteiger partial charge in [-0.3, -0.25) is 0 Å². The molecule has 20 heavy (non-hydrogen) atoms. The summed E-state index contributed by atoms with van der Waals surface area (Å²) < 4.78 is 0.862. The summed E-state index contributed by atoms with van der Waals surface area (Å²) in [5.41, 5.74) is 2.04. The Morgan fingerprint density at radius 2 is 1.90 bits per heavy atom. The Kier molecular flexibility index (Phi) is 5.40. The molecule has 2 nitrogen and oxygen atoms in total. The van der Waals surface area contributed by atoms with Crippen LogP contribution >= 0.6 is 39.7 Å². The Hall–Kier alpha value is -1.10. The molecule has 2 N–H and O–H groups in total. The van der Waals surface area contributed by atoms with Gasteiger partial charge in [0.05, 0.1) is 11.1 Å². The summed E-state index contributed by atoms with van der Waals surface area (Å²) in [5, 5.41) is 7.59. The minimum Gasteiger partial charge on any atom is -0.356 e. The fourth-order valence-corrected chi connectivity index (χ4v) is 2.48. The molecule has 0 bridgehead atoms. The smallest absolute Gasteiger partial charge is 0.171 e. The Morgan fingerprint density at radius 3 is 2.55 bits per heavy atom. The van der Waals surface area contributed by atoms with Gasteiger partial charge in [0.25, 0.3) is 0 Å². The lowest BCUT2D eigenvalue weighted by atomic mass is 10.1. The number of benzene rings is 2. The van der Waals surface area contributed by atoms with Crippen LogP contribution in [-0.4, -0.2) is 5.11 Å². The minimum atomic E-state index is 0.141. The van der Waals surface area contributed by atoms with Crippen LogP contribution in [-0.2, 0) is 0 Å². The van der Waals surface area contributed by atoms with Crippen LogP contribution in [0.3, 0.4) is 0 Å². The Morgan fingerprint density at radius 1 is 1.20 bits per heavy atom. The molecular weight excluding hydrogens is 356 g/mol. The molecule has 1 atom stereocenters. The maximum atomic E-state index is 6.05. The molecule has 0 aliphatic carbocycles. The maximum Gasteiger partial charge on any atom is 0.171 e. The van der Waals surface area contributed by atoms with Crippen LogP contribution in [0.2, 0.25) is 5.02 Å². The average molecular weight is 370 g/mol. The summed E-state index contributed by atoms with van der Waals surface area (Å²) in [6, 6.07) is 15.9. The second kappa shape index (κ2) is 7.07. The lowest BCUT2D eigenvalue weighted by molar-refractivity contribution is 0.722. The van der Waals surface area contributed by atoms with Crippen LogP contribution in [0.4, 0.5) is 5.69 Å². The van der Waals surface area contributed by atoms with Gasteiger partial charge in [-0.2, -0.15) is 0 Å². The molecule has 0 saturated carbocycles. The summed E-state index contributed by atoms with van der Waals surface area (Å²) >= 11 is 14.7. The highest BCUT2D eigenvalue weighted by Crippen LogP contribution is 2.25. The van der Waals surface area contributed by atoms with Crippen molar-refractivity contribution >= 4 is 50.5 Å². The van der Waals surface area contributed by atoms with Crippen molar-refractivity contribution < 1.29 is 0 Å². The molecule has 2 aromatic carbocycles. The van der Waals surface area contributed by atoms with Gasteiger partial charge in [0.1, 0.15) is 0 Å². The Labute approximate surface area is 137 Å². The van der Waals surface area contributed by atoms with Gasteiger partial charge in [-0.05, 0) is 58.8 Å². The number of anilines is 1. The van der Waals surface area contributed by atoms with Gasteiger partial charge in [-0.15, -0.1) is 0 Å². The van der Waals surface area contributed by atoms with Gasteiger partial charge in [0.15, 0.2) is 5.11 Å². The molecule has 0 fully saturated rings. The first-order chi connectivity index (χ1) is 9.56. The number of rotatable bonds is 3. The third-order valence-electron chi connectivity index (χ3n) is 2.82. The summed E-state index contributed by atoms with van der Waals surface area (Å²) in [6.07, 6.45) is 0. The first kappa shape index (κ1) is 15.3. The molecule has 0 radical (unpaired) electrons. The average Bonchev–Trinajstić information content (AvgIpc) is 2.44. The number of halogens is 2. The summed E-state index contributed by atoms with van der Waals surface area (Å²) in [5.74, 6) is 0. The summed E-state index contributed by atoms with van der Waals surface area (Å²) in [6.45, 7) is 2.07. The van der Waals surface area contributed by atoms with E-state index in [2.05, 4.69) is 45.6 Å². The Bertz CT molecular complexity index is 604. The largest absolute Gasteiger partial charge is 0.356 e. The number of nitrogens with one attached hydrogen (secondary N) is 2. The highest BCUT2D eigenvalue weighted by molar-refractivity contribution is 9.10. The van der Waals surface area contributed by atoms with Crippen LogP contribution in [0.1, 0.15) is 18.5 Å². The molecule has 0 aliphatic rings. The lowest BCUT2D eigenvalue weighted by Crippen LogP contribution is -2.30. The molecule has 0 spiro atoms. The fraction of sp³-hybridized carbons (Fsp3) is 0.133. The first-order valence-electron chi connectivity index (χ1n) is 6.14. The van der Waals surface area contributed by atoms with Crippen molar-refractivity contribution in [2.45, 2.75) is 13.0 Å². The van der Waals surface area contributed by atoms with E-state index in [0.717, 1.165) is 10.2 Å². The van der Waals surface area contributed by atoms with E-state index in [1.807, 2.05) is 36.4 Å². The van der Waals surface area contributed by atoms with Crippen LogP contribution < -0.4 is 10.6 Å². The quantitative estimate of drug-likeness (QED) is 0.732. The van der Waals surface area contributed by atoms with Crippen molar-refractivity contribution in [3.8, 4) is 0 Å². The standard InChI is InChI=1S/C15H14BrClN2S/c1-10(11-5-3-2-4-6-11)18-15(20)19-12-7-8-13(16)14(17)9-12/h2-10H,1H3,(H2,18,19,20)/t10-/m1/s1. The van der Waals surface area contributed by atoms with Crippen molar-refractivity contribution in [3.63, 3.8) is 0 Å². The molecule has 0 saturated heterocycles. The van der Waals surface area contributed by atoms with E-state index >= 15 is 0 Å². The van der Waals surface area contributed by atoms with Gasteiger partial charge in [-0.25, -0.2) is 0 Å². The zero-order valence-corrected chi connectivity index (χ0v) is 14.0. The zero-order chi connectivity index (χ0) is 14.5. The second-order valence-corrected chi connectivity index (χ2v) is 6.03. The molecule has 2 aromatic rings. The molecule has 0 aliphatic heterocycles. The van der Waals surface area contributed by atoms with Gasteiger partial charge in [0, 0.05) is 10.2 Å². The van der Waals surface area contributed by atoms with Crippen molar-refractivity contribution in [2.75, 3.05) is 5.32 Å². The monoisotopic (exact) mass is 368 g/mol. The molecule has 5 heteroatoms. The predicted molar refractivity (Wildman–Crippen MR) is 93.4 cm³/mol. The topological polar surface area (TPSA) is 24.1 Å². The van der Waals surface area contributed by atoms with E-state index in [0.29, 0.717) is 10.1 Å². The molecule has 0 aromatic heterocycles. The van der Waals surface area contributed by atoms with Gasteiger partial charge in [-0.1, -0.05) is 41.9 Å². The first-order valence-corrected chi connectivity index (χ1v) is 7.71. The molecule has 2 rings (SSSR count). The number of thiocarbonyl (C=S) groups is 1. The molecular formula is C15H14BrClN2S. The van der Waals surface area contributed by atoms with E-state index in [1.165, 1.54) is 5.56 Å². The van der Waals surface area contributed by atoms with Crippen molar-refractivity contribution in [3.05, 3.63) is 63.6 Å². The van der Waals surface area contributed by atoms with E-state index in [-0.39, 0.29) is 6.04 Å². The molecule has 0 heterocycles. The second-order valence-electron chi connectivity index (χ2n) is 4.36. The Balaban J connectivity index is 1.97. The van der Waals surface area contributed by atoms with Crippen LogP contribution in [0.15, 0.2) is 53.0 Å². The van der Waals surface area contributed by atoms with E-state index in [1.54, 1.807) is 0 Å². The molecule has 0 amide bonds. The van der Waals surface area contributed by atoms with Gasteiger partial charge >= 0.3 is 0 Å². The van der Waals surface area contributed by atoms with E-state index < -0.39 is 0 Å². The number of hydrogen-bond donors (Lipinski definition) is 2. The number of hydrogen-bond acceptors (Lipinski definition) is 1. The van der Waals surface area contributed by atoms with E-state index in [4.69, 9.17) is 23.8 Å².